The Labute approximate surface area is 177 Å². The fourth-order valence-corrected chi connectivity index (χ4v) is 4.06. The maximum absolute atomic E-state index is 10.7. The number of hydrogen-bond acceptors (Lipinski definition) is 3. The van der Waals surface area contributed by atoms with Gasteiger partial charge in [-0.1, -0.05) is 102 Å². The van der Waals surface area contributed by atoms with Gasteiger partial charge in [0, 0.05) is 18.5 Å². The van der Waals surface area contributed by atoms with Crippen LogP contribution in [0.15, 0.2) is 30.3 Å². The van der Waals surface area contributed by atoms with Crippen LogP contribution < -0.4 is 4.90 Å². The normalized spacial score (nSPS) is 11.2. The van der Waals surface area contributed by atoms with Crippen molar-refractivity contribution in [1.82, 2.24) is 0 Å². The minimum atomic E-state index is 0.00833. The van der Waals surface area contributed by atoms with E-state index >= 15 is 0 Å². The number of unbranched alkanes of at least 4 members (excludes halogenated alkanes) is 10. The van der Waals surface area contributed by atoms with Gasteiger partial charge in [-0.05, 0) is 24.3 Å². The number of fused-ring (bicyclic) bond motifs is 1. The lowest BCUT2D eigenvalue weighted by molar-refractivity contribution is 0.407. The van der Waals surface area contributed by atoms with Crippen LogP contribution in [0.3, 0.4) is 0 Å². The van der Waals surface area contributed by atoms with Crippen molar-refractivity contribution >= 4 is 16.5 Å². The molecule has 0 saturated heterocycles. The molecule has 0 aliphatic carbocycles. The van der Waals surface area contributed by atoms with E-state index in [1.165, 1.54) is 64.2 Å². The van der Waals surface area contributed by atoms with Crippen LogP contribution in [0.2, 0.25) is 0 Å². The zero-order valence-electron chi connectivity index (χ0n) is 18.6. The van der Waals surface area contributed by atoms with Crippen molar-refractivity contribution in [2.24, 2.45) is 0 Å². The molecule has 2 aromatic carbocycles. The topological polar surface area (TPSA) is 43.7 Å². The van der Waals surface area contributed by atoms with Crippen molar-refractivity contribution in [3.63, 3.8) is 0 Å². The number of benzene rings is 2. The SMILES string of the molecule is CCCCCCCCN(CCCCCCCC)c1cc2ccccc2c(O)c1O. The summed E-state index contributed by atoms with van der Waals surface area (Å²) in [6.07, 6.45) is 15.1. The summed E-state index contributed by atoms with van der Waals surface area (Å²) in [5, 5.41) is 23.0. The van der Waals surface area contributed by atoms with E-state index in [0.29, 0.717) is 5.39 Å². The molecule has 3 heteroatoms. The van der Waals surface area contributed by atoms with Crippen LogP contribution in [0, 0.1) is 0 Å². The number of nitrogens with zero attached hydrogens (tertiary/aromatic N) is 1. The first-order valence-electron chi connectivity index (χ1n) is 11.9. The zero-order chi connectivity index (χ0) is 20.9. The van der Waals surface area contributed by atoms with E-state index in [1.807, 2.05) is 30.3 Å². The quantitative estimate of drug-likeness (QED) is 0.237. The van der Waals surface area contributed by atoms with Crippen LogP contribution in [0.4, 0.5) is 5.69 Å². The molecule has 29 heavy (non-hydrogen) atoms. The van der Waals surface area contributed by atoms with Crippen molar-refractivity contribution < 1.29 is 10.2 Å². The summed E-state index contributed by atoms with van der Waals surface area (Å²) in [5.74, 6) is 0.0367. The number of hydrogen-bond donors (Lipinski definition) is 2. The lowest BCUT2D eigenvalue weighted by Crippen LogP contribution is -2.26. The molecular formula is C26H41NO2. The minimum absolute atomic E-state index is 0.00833. The molecule has 0 aliphatic rings. The van der Waals surface area contributed by atoms with Crippen LogP contribution in [0.5, 0.6) is 11.5 Å². The molecule has 0 bridgehead atoms. The maximum Gasteiger partial charge on any atom is 0.182 e. The van der Waals surface area contributed by atoms with Gasteiger partial charge in [0.1, 0.15) is 0 Å². The number of phenols is 2. The molecular weight excluding hydrogens is 358 g/mol. The standard InChI is InChI=1S/C26H41NO2/c1-3-5-7-9-11-15-19-27(20-16-12-10-8-6-4-2)24-21-22-17-13-14-18-23(22)25(28)26(24)29/h13-14,17-18,21,28-29H,3-12,15-16,19-20H2,1-2H3. The summed E-state index contributed by atoms with van der Waals surface area (Å²) < 4.78 is 0. The van der Waals surface area contributed by atoms with Crippen molar-refractivity contribution in [1.29, 1.82) is 0 Å². The van der Waals surface area contributed by atoms with Crippen LogP contribution in [-0.4, -0.2) is 23.3 Å². The average molecular weight is 400 g/mol. The van der Waals surface area contributed by atoms with Gasteiger partial charge in [-0.3, -0.25) is 0 Å². The highest BCUT2D eigenvalue weighted by molar-refractivity contribution is 5.95. The molecule has 0 saturated carbocycles. The van der Waals surface area contributed by atoms with E-state index in [2.05, 4.69) is 18.7 Å². The van der Waals surface area contributed by atoms with Gasteiger partial charge >= 0.3 is 0 Å². The Bertz CT molecular complexity index is 697. The number of phenolic OH excluding ortho intramolecular Hbond substituents is 2. The molecule has 0 spiro atoms. The van der Waals surface area contributed by atoms with E-state index in [-0.39, 0.29) is 11.5 Å². The van der Waals surface area contributed by atoms with E-state index in [1.54, 1.807) is 0 Å². The molecule has 2 aromatic rings. The minimum Gasteiger partial charge on any atom is -0.504 e. The summed E-state index contributed by atoms with van der Waals surface area (Å²) in [7, 11) is 0. The smallest absolute Gasteiger partial charge is 0.182 e. The first kappa shape index (κ1) is 23.4. The van der Waals surface area contributed by atoms with Gasteiger partial charge in [0.25, 0.3) is 0 Å². The molecule has 162 valence electrons. The summed E-state index contributed by atoms with van der Waals surface area (Å²) >= 11 is 0. The molecule has 3 nitrogen and oxygen atoms in total. The second-order valence-corrected chi connectivity index (χ2v) is 8.34. The molecule has 0 aromatic heterocycles. The highest BCUT2D eigenvalue weighted by Gasteiger charge is 2.17. The maximum atomic E-state index is 10.7. The van der Waals surface area contributed by atoms with Crippen LogP contribution in [0.1, 0.15) is 90.9 Å². The lowest BCUT2D eigenvalue weighted by atomic mass is 10.1. The second kappa shape index (κ2) is 13.3. The predicted octanol–water partition coefficient (Wildman–Crippen LogP) is 7.78. The van der Waals surface area contributed by atoms with Crippen molar-refractivity contribution in [3.05, 3.63) is 30.3 Å². The van der Waals surface area contributed by atoms with Gasteiger partial charge in [0.15, 0.2) is 11.5 Å². The summed E-state index contributed by atoms with van der Waals surface area (Å²) in [6, 6.07) is 9.78. The van der Waals surface area contributed by atoms with Gasteiger partial charge in [-0.15, -0.1) is 0 Å². The van der Waals surface area contributed by atoms with Crippen molar-refractivity contribution in [2.45, 2.75) is 90.9 Å². The van der Waals surface area contributed by atoms with Gasteiger partial charge in [0.2, 0.25) is 0 Å². The number of anilines is 1. The highest BCUT2D eigenvalue weighted by atomic mass is 16.3. The molecule has 2 N–H and O–H groups in total. The summed E-state index contributed by atoms with van der Waals surface area (Å²) in [5.41, 5.74) is 0.781. The van der Waals surface area contributed by atoms with Crippen molar-refractivity contribution in [2.75, 3.05) is 18.0 Å². The molecule has 0 radical (unpaired) electrons. The Hall–Kier alpha value is -1.90. The Morgan fingerprint density at radius 3 is 1.76 bits per heavy atom. The Balaban J connectivity index is 2.05. The molecule has 0 atom stereocenters. The van der Waals surface area contributed by atoms with Gasteiger partial charge < -0.3 is 15.1 Å². The summed E-state index contributed by atoms with van der Waals surface area (Å²) in [4.78, 5) is 2.29. The fourth-order valence-electron chi connectivity index (χ4n) is 4.06. The molecule has 0 aliphatic heterocycles. The molecule has 0 heterocycles. The third-order valence-electron chi connectivity index (χ3n) is 5.88. The first-order valence-corrected chi connectivity index (χ1v) is 11.9. The molecule has 0 unspecified atom stereocenters. The number of rotatable bonds is 15. The zero-order valence-corrected chi connectivity index (χ0v) is 18.6. The van der Waals surface area contributed by atoms with Crippen molar-refractivity contribution in [3.8, 4) is 11.5 Å². The van der Waals surface area contributed by atoms with E-state index in [4.69, 9.17) is 0 Å². The number of aromatic hydroxyl groups is 2. The lowest BCUT2D eigenvalue weighted by Gasteiger charge is -2.27. The van der Waals surface area contributed by atoms with Gasteiger partial charge in [0.05, 0.1) is 5.69 Å². The molecule has 0 fully saturated rings. The fraction of sp³-hybridized carbons (Fsp3) is 0.615. The van der Waals surface area contributed by atoms with Crippen LogP contribution >= 0.6 is 0 Å². The summed E-state index contributed by atoms with van der Waals surface area (Å²) in [6.45, 7) is 6.37. The largest absolute Gasteiger partial charge is 0.504 e. The monoisotopic (exact) mass is 399 g/mol. The van der Waals surface area contributed by atoms with Gasteiger partial charge in [-0.2, -0.15) is 0 Å². The Morgan fingerprint density at radius 2 is 1.17 bits per heavy atom. The van der Waals surface area contributed by atoms with Gasteiger partial charge in [-0.25, -0.2) is 0 Å². The van der Waals surface area contributed by atoms with Crippen LogP contribution in [0.25, 0.3) is 10.8 Å². The second-order valence-electron chi connectivity index (χ2n) is 8.34. The molecule has 0 amide bonds. The van der Waals surface area contributed by atoms with E-state index in [0.717, 1.165) is 37.0 Å². The van der Waals surface area contributed by atoms with Crippen LogP contribution in [-0.2, 0) is 0 Å². The molecule has 2 rings (SSSR count). The Kier molecular flexibility index (Phi) is 10.8. The highest BCUT2D eigenvalue weighted by Crippen LogP contribution is 2.42. The average Bonchev–Trinajstić information content (AvgIpc) is 2.74. The first-order chi connectivity index (χ1) is 14.2. The van der Waals surface area contributed by atoms with E-state index < -0.39 is 0 Å². The van der Waals surface area contributed by atoms with E-state index in [9.17, 15) is 10.2 Å². The Morgan fingerprint density at radius 1 is 0.655 bits per heavy atom. The third-order valence-corrected chi connectivity index (χ3v) is 5.88. The third kappa shape index (κ3) is 7.45. The predicted molar refractivity (Wildman–Crippen MR) is 126 cm³/mol.